The smallest absolute Gasteiger partial charge is 0.251 e. The maximum Gasteiger partial charge on any atom is 0.251 e. The molecule has 2 amide bonds. The van der Waals surface area contributed by atoms with Gasteiger partial charge in [0.05, 0.1) is 16.4 Å². The Kier molecular flexibility index (Phi) is 5.25. The zero-order chi connectivity index (χ0) is 28.3. The second kappa shape index (κ2) is 8.70. The second-order valence-electron chi connectivity index (χ2n) is 16.1. The molecule has 1 heterocycles. The molecule has 1 aromatic heterocycles. The standard InChI is InChI=1S/C36H42N4O2/c1-34-13-24-11-25(14-34)19-36(18-24,20-34)40-32(41)27-4-7-29-30(12-27)39-31(38-29)26-2-5-28(6-3-26)37-33(42)35-15-21-8-22(16-35)10-23(9-21)17-35/h2-7,12,21-25H,8-11,13-20H2,1H3,(H,37,42)(H,38,39)(H,40,41)/t21?,22?,23?,24-,25+,34?,35?,36?. The first-order valence-corrected chi connectivity index (χ1v) is 16.5. The SMILES string of the molecule is CC12C[C@H]3C[C@@H](C1)CC(NC(=O)c1ccc4nc(-c5ccc(NC(=O)C67CC8CC(CC(C8)C6)C7)cc5)[nH]c4c1)(C3)C2. The first-order valence-electron chi connectivity index (χ1n) is 16.5. The molecule has 8 fully saturated rings. The molecule has 8 saturated carbocycles. The van der Waals surface area contributed by atoms with Gasteiger partial charge in [-0.2, -0.15) is 0 Å². The van der Waals surface area contributed by atoms with Crippen molar-refractivity contribution in [3.63, 3.8) is 0 Å². The molecule has 6 heteroatoms. The van der Waals surface area contributed by atoms with Gasteiger partial charge in [-0.1, -0.05) is 6.92 Å². The summed E-state index contributed by atoms with van der Waals surface area (Å²) in [5, 5.41) is 6.79. The Bertz CT molecular complexity index is 1550. The number of fused-ring (bicyclic) bond motifs is 1. The van der Waals surface area contributed by atoms with Crippen LogP contribution in [0.5, 0.6) is 0 Å². The van der Waals surface area contributed by atoms with Crippen molar-refractivity contribution >= 4 is 28.5 Å². The first-order chi connectivity index (χ1) is 20.2. The van der Waals surface area contributed by atoms with Crippen LogP contribution in [-0.2, 0) is 4.79 Å². The number of hydrogen-bond acceptors (Lipinski definition) is 3. The Morgan fingerprint density at radius 1 is 0.810 bits per heavy atom. The van der Waals surface area contributed by atoms with Crippen LogP contribution in [0.2, 0.25) is 0 Å². The molecule has 0 aliphatic heterocycles. The Hall–Kier alpha value is -3.15. The van der Waals surface area contributed by atoms with Crippen LogP contribution in [0.15, 0.2) is 42.5 Å². The Morgan fingerprint density at radius 3 is 2.10 bits per heavy atom. The van der Waals surface area contributed by atoms with E-state index in [0.29, 0.717) is 11.0 Å². The van der Waals surface area contributed by atoms with Gasteiger partial charge in [0, 0.05) is 22.4 Å². The normalized spacial score (nSPS) is 39.1. The lowest BCUT2D eigenvalue weighted by Gasteiger charge is -2.61. The summed E-state index contributed by atoms with van der Waals surface area (Å²) in [4.78, 5) is 35.2. The third-order valence-corrected chi connectivity index (χ3v) is 12.4. The summed E-state index contributed by atoms with van der Waals surface area (Å²) >= 11 is 0. The largest absolute Gasteiger partial charge is 0.347 e. The van der Waals surface area contributed by atoms with E-state index < -0.39 is 0 Å². The third-order valence-electron chi connectivity index (χ3n) is 12.4. The zero-order valence-electron chi connectivity index (χ0n) is 24.7. The van der Waals surface area contributed by atoms with Crippen molar-refractivity contribution in [2.45, 2.75) is 89.5 Å². The number of H-pyrrole nitrogens is 1. The summed E-state index contributed by atoms with van der Waals surface area (Å²) in [5.74, 6) is 4.84. The average Bonchev–Trinajstić information content (AvgIpc) is 3.35. The molecule has 11 rings (SSSR count). The molecule has 6 nitrogen and oxygen atoms in total. The number of rotatable bonds is 5. The molecule has 3 N–H and O–H groups in total. The minimum atomic E-state index is -0.149. The third kappa shape index (κ3) is 4.07. The molecule has 2 aromatic carbocycles. The van der Waals surface area contributed by atoms with E-state index in [-0.39, 0.29) is 22.8 Å². The zero-order valence-corrected chi connectivity index (χ0v) is 24.7. The van der Waals surface area contributed by atoms with Crippen LogP contribution >= 0.6 is 0 Å². The number of nitrogens with one attached hydrogen (secondary N) is 3. The number of aromatic amines is 1. The van der Waals surface area contributed by atoms with Gasteiger partial charge in [0.25, 0.3) is 5.91 Å². The number of amides is 2. The second-order valence-corrected chi connectivity index (χ2v) is 16.1. The molecule has 0 radical (unpaired) electrons. The molecule has 8 aliphatic carbocycles. The topological polar surface area (TPSA) is 86.9 Å². The van der Waals surface area contributed by atoms with E-state index in [9.17, 15) is 9.59 Å². The molecule has 8 aliphatic rings. The highest BCUT2D eigenvalue weighted by Crippen LogP contribution is 2.62. The fraction of sp³-hybridized carbons (Fsp3) is 0.583. The van der Waals surface area contributed by atoms with Gasteiger partial charge in [0.15, 0.2) is 0 Å². The summed E-state index contributed by atoms with van der Waals surface area (Å²) in [6.07, 6.45) is 14.7. The Balaban J connectivity index is 0.901. The molecule has 0 spiro atoms. The minimum Gasteiger partial charge on any atom is -0.347 e. The summed E-state index contributed by atoms with van der Waals surface area (Å²) in [6, 6.07) is 13.8. The molecule has 0 saturated heterocycles. The van der Waals surface area contributed by atoms with Crippen LogP contribution in [-0.4, -0.2) is 27.3 Å². The first kappa shape index (κ1) is 25.4. The van der Waals surface area contributed by atoms with Crippen LogP contribution in [0.3, 0.4) is 0 Å². The Labute approximate surface area is 247 Å². The van der Waals surface area contributed by atoms with Crippen LogP contribution in [0.1, 0.15) is 94.3 Å². The average molecular weight is 563 g/mol. The van der Waals surface area contributed by atoms with Gasteiger partial charge >= 0.3 is 0 Å². The predicted molar refractivity (Wildman–Crippen MR) is 164 cm³/mol. The van der Waals surface area contributed by atoms with Gasteiger partial charge in [-0.3, -0.25) is 9.59 Å². The van der Waals surface area contributed by atoms with E-state index in [1.54, 1.807) is 0 Å². The van der Waals surface area contributed by atoms with Crippen molar-refractivity contribution in [2.75, 3.05) is 5.32 Å². The van der Waals surface area contributed by atoms with Crippen LogP contribution in [0, 0.1) is 40.4 Å². The van der Waals surface area contributed by atoms with Gasteiger partial charge < -0.3 is 15.6 Å². The van der Waals surface area contributed by atoms with Gasteiger partial charge in [0.2, 0.25) is 5.91 Å². The fourth-order valence-corrected chi connectivity index (χ4v) is 11.8. The van der Waals surface area contributed by atoms with Crippen LogP contribution in [0.25, 0.3) is 22.4 Å². The maximum atomic E-state index is 13.5. The molecule has 4 atom stereocenters. The minimum absolute atomic E-state index is 0.0309. The molecular formula is C36H42N4O2. The molecule has 218 valence electrons. The number of aromatic nitrogens is 2. The van der Waals surface area contributed by atoms with E-state index in [0.717, 1.165) is 96.2 Å². The molecular weight excluding hydrogens is 520 g/mol. The highest BCUT2D eigenvalue weighted by molar-refractivity contribution is 5.98. The van der Waals surface area contributed by atoms with Gasteiger partial charge in [0.1, 0.15) is 5.82 Å². The lowest BCUT2D eigenvalue weighted by Crippen LogP contribution is -2.62. The fourth-order valence-electron chi connectivity index (χ4n) is 11.8. The quantitative estimate of drug-likeness (QED) is 0.301. The summed E-state index contributed by atoms with van der Waals surface area (Å²) in [5.41, 5.74) is 4.45. The number of imidazole rings is 1. The highest BCUT2D eigenvalue weighted by atomic mass is 16.2. The number of carbonyl (C=O) groups excluding carboxylic acids is 2. The van der Waals surface area contributed by atoms with Crippen molar-refractivity contribution in [1.29, 1.82) is 0 Å². The number of hydrogen-bond donors (Lipinski definition) is 3. The lowest BCUT2D eigenvalue weighted by atomic mass is 9.47. The summed E-state index contributed by atoms with van der Waals surface area (Å²) < 4.78 is 0. The lowest BCUT2D eigenvalue weighted by molar-refractivity contribution is -0.140. The number of benzene rings is 2. The van der Waals surface area contributed by atoms with Crippen molar-refractivity contribution in [1.82, 2.24) is 15.3 Å². The van der Waals surface area contributed by atoms with E-state index in [4.69, 9.17) is 4.98 Å². The summed E-state index contributed by atoms with van der Waals surface area (Å²) in [7, 11) is 0. The van der Waals surface area contributed by atoms with Crippen molar-refractivity contribution < 1.29 is 9.59 Å². The molecule has 42 heavy (non-hydrogen) atoms. The van der Waals surface area contributed by atoms with Gasteiger partial charge in [-0.15, -0.1) is 0 Å². The maximum absolute atomic E-state index is 13.5. The monoisotopic (exact) mass is 562 g/mol. The van der Waals surface area contributed by atoms with Gasteiger partial charge in [-0.25, -0.2) is 4.98 Å². The number of nitrogens with zero attached hydrogens (tertiary/aromatic N) is 1. The number of carbonyl (C=O) groups is 2. The van der Waals surface area contributed by atoms with E-state index in [1.165, 1.54) is 38.5 Å². The Morgan fingerprint density at radius 2 is 1.45 bits per heavy atom. The van der Waals surface area contributed by atoms with Crippen molar-refractivity contribution in [3.8, 4) is 11.4 Å². The highest BCUT2D eigenvalue weighted by Gasteiger charge is 2.57. The van der Waals surface area contributed by atoms with Crippen LogP contribution in [0.4, 0.5) is 5.69 Å². The van der Waals surface area contributed by atoms with E-state index in [1.807, 2.05) is 42.5 Å². The molecule has 3 aromatic rings. The van der Waals surface area contributed by atoms with E-state index >= 15 is 0 Å². The van der Waals surface area contributed by atoms with Crippen molar-refractivity contribution in [2.24, 2.45) is 40.4 Å². The van der Waals surface area contributed by atoms with Gasteiger partial charge in [-0.05, 0) is 155 Å². The number of anilines is 1. The van der Waals surface area contributed by atoms with E-state index in [2.05, 4.69) is 22.5 Å². The summed E-state index contributed by atoms with van der Waals surface area (Å²) in [6.45, 7) is 2.44. The molecule has 2 unspecified atom stereocenters. The van der Waals surface area contributed by atoms with Crippen LogP contribution < -0.4 is 10.6 Å². The van der Waals surface area contributed by atoms with Crippen molar-refractivity contribution in [3.05, 3.63) is 48.0 Å². The molecule has 8 bridgehead atoms. The predicted octanol–water partition coefficient (Wildman–Crippen LogP) is 7.47.